The van der Waals surface area contributed by atoms with Crippen molar-refractivity contribution in [2.45, 2.75) is 32.7 Å². The summed E-state index contributed by atoms with van der Waals surface area (Å²) in [6, 6.07) is 0.213. The normalized spacial score (nSPS) is 23.6. The number of hydrogen-bond acceptors (Lipinski definition) is 3. The van der Waals surface area contributed by atoms with Crippen molar-refractivity contribution in [2.75, 3.05) is 13.1 Å². The van der Waals surface area contributed by atoms with Crippen LogP contribution in [0, 0.1) is 12.8 Å². The van der Waals surface area contributed by atoms with Crippen LogP contribution in [0.1, 0.15) is 35.7 Å². The van der Waals surface area contributed by atoms with Crippen LogP contribution in [0.15, 0.2) is 10.8 Å². The Labute approximate surface area is 119 Å². The van der Waals surface area contributed by atoms with Crippen LogP contribution in [0.4, 0.5) is 0 Å². The number of thiophene rings is 1. The smallest absolute Gasteiger partial charge is 0.255 e. The number of carbonyl (C=O) groups is 1. The summed E-state index contributed by atoms with van der Waals surface area (Å²) in [5.74, 6) is 0.835. The van der Waals surface area contributed by atoms with Crippen molar-refractivity contribution in [3.63, 3.8) is 0 Å². The van der Waals surface area contributed by atoms with Gasteiger partial charge in [0.05, 0.1) is 5.56 Å². The lowest BCUT2D eigenvalue weighted by Gasteiger charge is -2.38. The second-order valence-electron chi connectivity index (χ2n) is 4.99. The van der Waals surface area contributed by atoms with Gasteiger partial charge in [-0.3, -0.25) is 4.79 Å². The molecule has 0 saturated carbocycles. The van der Waals surface area contributed by atoms with Crippen molar-refractivity contribution in [1.29, 1.82) is 0 Å². The van der Waals surface area contributed by atoms with E-state index in [4.69, 9.17) is 5.73 Å². The van der Waals surface area contributed by atoms with Gasteiger partial charge < -0.3 is 10.6 Å². The fourth-order valence-corrected chi connectivity index (χ4v) is 3.30. The number of nitrogens with zero attached hydrogens (tertiary/aromatic N) is 1. The van der Waals surface area contributed by atoms with Crippen LogP contribution in [-0.4, -0.2) is 29.9 Å². The third-order valence-electron chi connectivity index (χ3n) is 3.60. The third-order valence-corrected chi connectivity index (χ3v) is 4.46. The largest absolute Gasteiger partial charge is 0.334 e. The number of hydrogen-bond donors (Lipinski definition) is 1. The van der Waals surface area contributed by atoms with Crippen LogP contribution < -0.4 is 5.73 Å². The predicted molar refractivity (Wildman–Crippen MR) is 78.6 cm³/mol. The molecule has 1 amide bonds. The van der Waals surface area contributed by atoms with Gasteiger partial charge in [-0.05, 0) is 36.6 Å². The maximum atomic E-state index is 12.4. The molecule has 1 aromatic heterocycles. The molecule has 1 aliphatic rings. The first kappa shape index (κ1) is 15.5. The minimum absolute atomic E-state index is 0. The van der Waals surface area contributed by atoms with Gasteiger partial charge in [-0.2, -0.15) is 11.3 Å². The molecule has 2 heterocycles. The van der Waals surface area contributed by atoms with E-state index < -0.39 is 0 Å². The number of nitrogens with two attached hydrogens (primary N) is 1. The molecule has 3 nitrogen and oxygen atoms in total. The van der Waals surface area contributed by atoms with Gasteiger partial charge in [0.15, 0.2) is 0 Å². The van der Waals surface area contributed by atoms with Gasteiger partial charge in [0.1, 0.15) is 0 Å². The average molecular weight is 289 g/mol. The van der Waals surface area contributed by atoms with Crippen molar-refractivity contribution in [3.05, 3.63) is 21.9 Å². The molecule has 0 radical (unpaired) electrons. The molecule has 2 rings (SSSR count). The molecule has 1 saturated heterocycles. The number of likely N-dealkylation sites (tertiary alicyclic amines) is 1. The zero-order chi connectivity index (χ0) is 12.4. The lowest BCUT2D eigenvalue weighted by atomic mass is 9.92. The van der Waals surface area contributed by atoms with Crippen LogP contribution in [0.5, 0.6) is 0 Å². The number of amides is 1. The highest BCUT2D eigenvalue weighted by molar-refractivity contribution is 7.08. The van der Waals surface area contributed by atoms with Crippen molar-refractivity contribution < 1.29 is 4.79 Å². The summed E-state index contributed by atoms with van der Waals surface area (Å²) in [6.45, 7) is 5.64. The van der Waals surface area contributed by atoms with Crippen LogP contribution in [0.2, 0.25) is 0 Å². The monoisotopic (exact) mass is 288 g/mol. The SMILES string of the molecule is Cc1cscc1C(=O)N1CCC(C)CC1CN.Cl. The van der Waals surface area contributed by atoms with E-state index in [-0.39, 0.29) is 24.4 Å². The predicted octanol–water partition coefficient (Wildman–Crippen LogP) is 2.68. The maximum absolute atomic E-state index is 12.4. The van der Waals surface area contributed by atoms with Crippen molar-refractivity contribution in [3.8, 4) is 0 Å². The number of piperidine rings is 1. The summed E-state index contributed by atoms with van der Waals surface area (Å²) < 4.78 is 0. The molecular weight excluding hydrogens is 268 g/mol. The molecule has 0 aliphatic carbocycles. The summed E-state index contributed by atoms with van der Waals surface area (Å²) in [4.78, 5) is 14.4. The number of aryl methyl sites for hydroxylation is 1. The fraction of sp³-hybridized carbons (Fsp3) is 0.615. The van der Waals surface area contributed by atoms with Crippen LogP contribution in [0.25, 0.3) is 0 Å². The molecule has 1 aliphatic heterocycles. The van der Waals surface area contributed by atoms with Gasteiger partial charge in [-0.25, -0.2) is 0 Å². The topological polar surface area (TPSA) is 46.3 Å². The van der Waals surface area contributed by atoms with E-state index >= 15 is 0 Å². The Morgan fingerprint density at radius 2 is 2.28 bits per heavy atom. The molecule has 2 unspecified atom stereocenters. The van der Waals surface area contributed by atoms with E-state index in [9.17, 15) is 4.79 Å². The van der Waals surface area contributed by atoms with E-state index in [1.807, 2.05) is 22.6 Å². The number of halogens is 1. The van der Waals surface area contributed by atoms with Gasteiger partial charge >= 0.3 is 0 Å². The lowest BCUT2D eigenvalue weighted by molar-refractivity contribution is 0.0573. The Kier molecular flexibility index (Phi) is 5.63. The van der Waals surface area contributed by atoms with Crippen LogP contribution >= 0.6 is 23.7 Å². The molecule has 0 aromatic carbocycles. The molecule has 2 N–H and O–H groups in total. The molecule has 18 heavy (non-hydrogen) atoms. The first-order valence-electron chi connectivity index (χ1n) is 6.17. The number of carbonyl (C=O) groups excluding carboxylic acids is 1. The van der Waals surface area contributed by atoms with E-state index in [1.54, 1.807) is 11.3 Å². The summed E-state index contributed by atoms with van der Waals surface area (Å²) in [7, 11) is 0. The Bertz CT molecular complexity index is 407. The Balaban J connectivity index is 0.00000162. The minimum atomic E-state index is 0. The minimum Gasteiger partial charge on any atom is -0.334 e. The summed E-state index contributed by atoms with van der Waals surface area (Å²) in [5, 5.41) is 3.97. The van der Waals surface area contributed by atoms with E-state index in [1.165, 1.54) is 0 Å². The van der Waals surface area contributed by atoms with Gasteiger partial charge in [0.25, 0.3) is 5.91 Å². The van der Waals surface area contributed by atoms with Gasteiger partial charge in [0, 0.05) is 24.5 Å². The standard InChI is InChI=1S/C13H20N2OS.ClH/c1-9-3-4-15(11(5-9)6-14)13(16)12-8-17-7-10(12)2;/h7-9,11H,3-6,14H2,1-2H3;1H. The van der Waals surface area contributed by atoms with Crippen molar-refractivity contribution in [2.24, 2.45) is 11.7 Å². The Morgan fingerprint density at radius 3 is 2.83 bits per heavy atom. The number of rotatable bonds is 2. The third kappa shape index (κ3) is 3.05. The van der Waals surface area contributed by atoms with Crippen LogP contribution in [0.3, 0.4) is 0 Å². The summed E-state index contributed by atoms with van der Waals surface area (Å²) >= 11 is 1.59. The van der Waals surface area contributed by atoms with Crippen molar-refractivity contribution in [1.82, 2.24) is 4.90 Å². The second kappa shape index (κ2) is 6.55. The molecule has 102 valence electrons. The zero-order valence-corrected chi connectivity index (χ0v) is 12.5. The molecular formula is C13H21ClN2OS. The molecule has 1 aromatic rings. The van der Waals surface area contributed by atoms with Crippen LogP contribution in [-0.2, 0) is 0 Å². The zero-order valence-electron chi connectivity index (χ0n) is 10.9. The molecule has 0 spiro atoms. The average Bonchev–Trinajstić information content (AvgIpc) is 2.74. The maximum Gasteiger partial charge on any atom is 0.255 e. The first-order valence-corrected chi connectivity index (χ1v) is 7.11. The summed E-state index contributed by atoms with van der Waals surface area (Å²) in [5.41, 5.74) is 7.72. The van der Waals surface area contributed by atoms with E-state index in [2.05, 4.69) is 6.92 Å². The van der Waals surface area contributed by atoms with Crippen molar-refractivity contribution >= 4 is 29.7 Å². The lowest BCUT2D eigenvalue weighted by Crippen LogP contribution is -2.49. The van der Waals surface area contributed by atoms with Gasteiger partial charge in [0.2, 0.25) is 0 Å². The Morgan fingerprint density at radius 1 is 1.56 bits per heavy atom. The van der Waals surface area contributed by atoms with E-state index in [0.29, 0.717) is 12.5 Å². The fourth-order valence-electron chi connectivity index (χ4n) is 2.48. The molecule has 0 bridgehead atoms. The molecule has 5 heteroatoms. The quantitative estimate of drug-likeness (QED) is 0.909. The van der Waals surface area contributed by atoms with E-state index in [0.717, 1.165) is 30.5 Å². The highest BCUT2D eigenvalue weighted by atomic mass is 35.5. The first-order chi connectivity index (χ1) is 8.13. The second-order valence-corrected chi connectivity index (χ2v) is 5.73. The highest BCUT2D eigenvalue weighted by Crippen LogP contribution is 2.25. The van der Waals surface area contributed by atoms with Gasteiger partial charge in [-0.1, -0.05) is 6.92 Å². The molecule has 1 fully saturated rings. The van der Waals surface area contributed by atoms with Gasteiger partial charge in [-0.15, -0.1) is 12.4 Å². The highest BCUT2D eigenvalue weighted by Gasteiger charge is 2.30. The Hall–Kier alpha value is -0.580. The summed E-state index contributed by atoms with van der Waals surface area (Å²) in [6.07, 6.45) is 2.12. The molecule has 2 atom stereocenters.